The maximum atomic E-state index is 13.5. The van der Waals surface area contributed by atoms with E-state index in [0.717, 1.165) is 10.1 Å². The van der Waals surface area contributed by atoms with Crippen molar-refractivity contribution in [2.24, 2.45) is 0 Å². The maximum Gasteiger partial charge on any atom is 0.321 e. The number of hydrogen-bond donors (Lipinski definition) is 0. The maximum absolute atomic E-state index is 13.5. The Labute approximate surface area is 161 Å². The first-order chi connectivity index (χ1) is 13.0. The molecular weight excluding hydrogens is 372 g/mol. The van der Waals surface area contributed by atoms with Gasteiger partial charge in [-0.15, -0.1) is 0 Å². The molecule has 1 heterocycles. The summed E-state index contributed by atoms with van der Waals surface area (Å²) in [5.74, 6) is 1.31. The molecule has 0 aliphatic heterocycles. The number of methoxy groups -OCH3 is 2. The van der Waals surface area contributed by atoms with Crippen LogP contribution in [0.4, 0.5) is 8.78 Å². The molecule has 1 aromatic heterocycles. The topological polar surface area (TPSA) is 31.6 Å². The summed E-state index contributed by atoms with van der Waals surface area (Å²) in [4.78, 5) is 2.00. The Kier molecular flexibility index (Phi) is 5.76. The van der Waals surface area contributed by atoms with Gasteiger partial charge in [-0.05, 0) is 49.1 Å². The molecular formula is C19H21F2N3O2S. The smallest absolute Gasteiger partial charge is 0.321 e. The lowest BCUT2D eigenvalue weighted by Crippen LogP contribution is -2.22. The van der Waals surface area contributed by atoms with Gasteiger partial charge in [-0.25, -0.2) is 0 Å². The van der Waals surface area contributed by atoms with Crippen LogP contribution in [0.3, 0.4) is 0 Å². The predicted octanol–water partition coefficient (Wildman–Crippen LogP) is 4.67. The molecule has 0 radical (unpaired) electrons. The summed E-state index contributed by atoms with van der Waals surface area (Å²) >= 11 is 5.31. The molecule has 0 fully saturated rings. The lowest BCUT2D eigenvalue weighted by atomic mass is 10.2. The molecule has 0 aliphatic carbocycles. The number of alkyl halides is 2. The Hall–Kier alpha value is -2.45. The summed E-state index contributed by atoms with van der Waals surface area (Å²) < 4.78 is 40.2. The van der Waals surface area contributed by atoms with E-state index in [1.54, 1.807) is 37.0 Å². The second kappa shape index (κ2) is 8.06. The molecule has 0 N–H and O–H groups in total. The molecule has 0 aliphatic rings. The predicted molar refractivity (Wildman–Crippen MR) is 103 cm³/mol. The van der Waals surface area contributed by atoms with Crippen LogP contribution >= 0.6 is 12.2 Å². The summed E-state index contributed by atoms with van der Waals surface area (Å²) in [6, 6.07) is 12.7. The van der Waals surface area contributed by atoms with E-state index in [-0.39, 0.29) is 4.77 Å². The molecule has 0 amide bonds. The molecule has 0 saturated heterocycles. The van der Waals surface area contributed by atoms with Gasteiger partial charge in [0.15, 0.2) is 16.3 Å². The summed E-state index contributed by atoms with van der Waals surface area (Å²) in [6.07, 6.45) is 0. The van der Waals surface area contributed by atoms with E-state index in [1.807, 2.05) is 36.2 Å². The highest BCUT2D eigenvalue weighted by atomic mass is 32.1. The number of aromatic nitrogens is 2. The van der Waals surface area contributed by atoms with Gasteiger partial charge in [-0.3, -0.25) is 9.47 Å². The van der Waals surface area contributed by atoms with Crippen LogP contribution in [0.25, 0.3) is 11.0 Å². The highest BCUT2D eigenvalue weighted by Crippen LogP contribution is 2.28. The van der Waals surface area contributed by atoms with Crippen LogP contribution in [0.1, 0.15) is 12.1 Å². The lowest BCUT2D eigenvalue weighted by Gasteiger charge is -2.19. The molecule has 3 aromatic rings. The van der Waals surface area contributed by atoms with E-state index in [1.165, 1.54) is 0 Å². The van der Waals surface area contributed by atoms with Crippen LogP contribution in [0.15, 0.2) is 42.5 Å². The quantitative estimate of drug-likeness (QED) is 0.546. The zero-order valence-electron chi connectivity index (χ0n) is 15.4. The van der Waals surface area contributed by atoms with Crippen LogP contribution in [-0.4, -0.2) is 35.3 Å². The van der Waals surface area contributed by atoms with Crippen LogP contribution in [0.2, 0.25) is 0 Å². The summed E-state index contributed by atoms with van der Waals surface area (Å²) in [6.45, 7) is -1.70. The largest absolute Gasteiger partial charge is 0.493 e. The normalized spacial score (nSPS) is 11.5. The van der Waals surface area contributed by atoms with Crippen molar-refractivity contribution in [2.75, 3.05) is 21.3 Å². The first-order valence-electron chi connectivity index (χ1n) is 8.33. The van der Waals surface area contributed by atoms with Crippen molar-refractivity contribution in [1.29, 1.82) is 0 Å². The molecule has 0 unspecified atom stereocenters. The molecule has 0 atom stereocenters. The average molecular weight is 393 g/mol. The fourth-order valence-electron chi connectivity index (χ4n) is 3.14. The number of halogens is 2. The van der Waals surface area contributed by atoms with Crippen molar-refractivity contribution in [1.82, 2.24) is 14.0 Å². The van der Waals surface area contributed by atoms with Crippen molar-refractivity contribution < 1.29 is 18.3 Å². The number of fused-ring (bicyclic) bond motifs is 1. The summed E-state index contributed by atoms with van der Waals surface area (Å²) in [7, 11) is 5.08. The standard InChI is InChI=1S/C19H21F2N3O2S/c1-22(11-13-8-9-16(25-2)17(10-13)26-3)12-23-14-6-4-5-7-15(14)24(18(20)21)19(23)27/h4-10,18H,11-12H2,1-3H3. The van der Waals surface area contributed by atoms with Gasteiger partial charge in [0.1, 0.15) is 0 Å². The van der Waals surface area contributed by atoms with Crippen molar-refractivity contribution in [3.8, 4) is 11.5 Å². The van der Waals surface area contributed by atoms with Gasteiger partial charge in [-0.2, -0.15) is 8.78 Å². The van der Waals surface area contributed by atoms with Gasteiger partial charge < -0.3 is 14.0 Å². The molecule has 5 nitrogen and oxygen atoms in total. The van der Waals surface area contributed by atoms with E-state index >= 15 is 0 Å². The van der Waals surface area contributed by atoms with E-state index in [0.29, 0.717) is 35.7 Å². The molecule has 2 aromatic carbocycles. The van der Waals surface area contributed by atoms with Crippen molar-refractivity contribution >= 4 is 23.3 Å². The van der Waals surface area contributed by atoms with Gasteiger partial charge in [0.2, 0.25) is 0 Å². The Bertz CT molecular complexity index is 1000. The summed E-state index contributed by atoms with van der Waals surface area (Å²) in [5, 5.41) is 0. The summed E-state index contributed by atoms with van der Waals surface area (Å²) in [5.41, 5.74) is 2.12. The SMILES string of the molecule is COc1ccc(CN(C)Cn2c(=S)n(C(F)F)c3ccccc32)cc1OC. The number of para-hydroxylation sites is 2. The Morgan fingerprint density at radius 3 is 2.33 bits per heavy atom. The number of nitrogens with zero attached hydrogens (tertiary/aromatic N) is 3. The monoisotopic (exact) mass is 393 g/mol. The third kappa shape index (κ3) is 3.81. The fourth-order valence-corrected chi connectivity index (χ4v) is 3.47. The average Bonchev–Trinajstić information content (AvgIpc) is 2.93. The number of imidazole rings is 1. The first kappa shape index (κ1) is 19.3. The van der Waals surface area contributed by atoms with Crippen molar-refractivity contribution in [3.05, 3.63) is 52.8 Å². The molecule has 144 valence electrons. The van der Waals surface area contributed by atoms with Crippen LogP contribution in [-0.2, 0) is 13.2 Å². The van der Waals surface area contributed by atoms with Crippen LogP contribution in [0, 0.1) is 4.77 Å². The number of benzene rings is 2. The van der Waals surface area contributed by atoms with Crippen molar-refractivity contribution in [3.63, 3.8) is 0 Å². The number of ether oxygens (including phenoxy) is 2. The second-order valence-corrected chi connectivity index (χ2v) is 6.56. The Morgan fingerprint density at radius 2 is 1.70 bits per heavy atom. The van der Waals surface area contributed by atoms with Gasteiger partial charge in [0, 0.05) is 6.54 Å². The highest BCUT2D eigenvalue weighted by Gasteiger charge is 2.17. The fraction of sp³-hybridized carbons (Fsp3) is 0.316. The molecule has 0 bridgehead atoms. The number of rotatable bonds is 7. The third-order valence-electron chi connectivity index (χ3n) is 4.35. The molecule has 3 rings (SSSR count). The van der Waals surface area contributed by atoms with Gasteiger partial charge >= 0.3 is 6.55 Å². The Morgan fingerprint density at radius 1 is 1.04 bits per heavy atom. The molecule has 27 heavy (non-hydrogen) atoms. The minimum atomic E-state index is -2.68. The first-order valence-corrected chi connectivity index (χ1v) is 8.74. The second-order valence-electron chi connectivity index (χ2n) is 6.19. The molecule has 8 heteroatoms. The van der Waals surface area contributed by atoms with Gasteiger partial charge in [-0.1, -0.05) is 18.2 Å². The van der Waals surface area contributed by atoms with E-state index in [2.05, 4.69) is 0 Å². The highest BCUT2D eigenvalue weighted by molar-refractivity contribution is 7.71. The zero-order chi connectivity index (χ0) is 19.6. The van der Waals surface area contributed by atoms with Crippen LogP contribution in [0.5, 0.6) is 11.5 Å². The Balaban J connectivity index is 1.88. The molecule has 0 saturated carbocycles. The minimum Gasteiger partial charge on any atom is -0.493 e. The van der Waals surface area contributed by atoms with Gasteiger partial charge in [0.05, 0.1) is 31.9 Å². The zero-order valence-corrected chi connectivity index (χ0v) is 16.2. The van der Waals surface area contributed by atoms with Crippen LogP contribution < -0.4 is 9.47 Å². The minimum absolute atomic E-state index is 0.102. The van der Waals surface area contributed by atoms with E-state index in [9.17, 15) is 8.78 Å². The van der Waals surface area contributed by atoms with E-state index < -0.39 is 6.55 Å². The third-order valence-corrected chi connectivity index (χ3v) is 4.76. The molecule has 0 spiro atoms. The lowest BCUT2D eigenvalue weighted by molar-refractivity contribution is 0.0717. The van der Waals surface area contributed by atoms with Gasteiger partial charge in [0.25, 0.3) is 0 Å². The van der Waals surface area contributed by atoms with Crippen molar-refractivity contribution in [2.45, 2.75) is 19.8 Å². The number of hydrogen-bond acceptors (Lipinski definition) is 4. The van der Waals surface area contributed by atoms with E-state index in [4.69, 9.17) is 21.7 Å².